The molecule has 24 nitrogen and oxygen atoms in total. The predicted octanol–water partition coefficient (Wildman–Crippen LogP) is 11.8. The third-order valence-corrected chi connectivity index (χ3v) is 14.2. The molecular formula is C46H48N10O14S4. The summed E-state index contributed by atoms with van der Waals surface area (Å²) in [5, 5.41) is 40.7. The first-order chi connectivity index (χ1) is 34.5. The molecule has 0 aliphatic rings. The number of benzene rings is 6. The van der Waals surface area contributed by atoms with Crippen molar-refractivity contribution in [2.24, 2.45) is 40.9 Å². The largest absolute Gasteiger partial charge is 0.495 e. The van der Waals surface area contributed by atoms with Gasteiger partial charge >= 0.3 is 0 Å². The molecule has 0 amide bonds. The number of rotatable bonds is 19. The van der Waals surface area contributed by atoms with Crippen molar-refractivity contribution in [3.63, 3.8) is 0 Å². The summed E-state index contributed by atoms with van der Waals surface area (Å²) in [6.45, 7) is 10.9. The molecule has 6 rings (SSSR count). The van der Waals surface area contributed by atoms with Gasteiger partial charge in [0.1, 0.15) is 38.4 Å². The molecular weight excluding hydrogens is 1040 g/mol. The minimum atomic E-state index is -4.94. The maximum Gasteiger partial charge on any atom is 0.296 e. The maximum atomic E-state index is 12.1. The number of methoxy groups -OCH3 is 2. The van der Waals surface area contributed by atoms with Crippen LogP contribution in [-0.2, 0) is 46.2 Å². The molecule has 0 saturated carbocycles. The normalized spacial score (nSPS) is 12.6. The monoisotopic (exact) mass is 1090 g/mol. The first kappa shape index (κ1) is 55.9. The number of nitrogens with zero attached hydrogens (tertiary/aromatic N) is 8. The summed E-state index contributed by atoms with van der Waals surface area (Å²) in [5.41, 5.74) is 7.30. The molecule has 0 aliphatic carbocycles. The van der Waals surface area contributed by atoms with E-state index in [1.54, 1.807) is 64.1 Å². The van der Waals surface area contributed by atoms with Gasteiger partial charge < -0.3 is 20.1 Å². The number of ether oxygens (including phenoxy) is 2. The Hall–Kier alpha value is -7.44. The summed E-state index contributed by atoms with van der Waals surface area (Å²) in [4.78, 5) is -2.30. The second-order valence-electron chi connectivity index (χ2n) is 16.4. The lowest BCUT2D eigenvalue weighted by molar-refractivity contribution is 0.416. The molecule has 0 aliphatic heterocycles. The molecule has 0 atom stereocenters. The summed E-state index contributed by atoms with van der Waals surface area (Å²) in [6.07, 6.45) is 0. The van der Waals surface area contributed by atoms with Crippen LogP contribution in [0.2, 0.25) is 0 Å². The zero-order valence-electron chi connectivity index (χ0n) is 40.6. The highest BCUT2D eigenvalue weighted by atomic mass is 32.2. The van der Waals surface area contributed by atoms with Crippen LogP contribution in [0, 0.1) is 41.5 Å². The third kappa shape index (κ3) is 14.2. The lowest BCUT2D eigenvalue weighted by Gasteiger charge is -2.17. The quantitative estimate of drug-likeness (QED) is 0.0249. The summed E-state index contributed by atoms with van der Waals surface area (Å²) in [7, 11) is -16.0. The Kier molecular flexibility index (Phi) is 16.9. The average molecular weight is 1090 g/mol. The predicted molar refractivity (Wildman–Crippen MR) is 274 cm³/mol. The van der Waals surface area contributed by atoms with Crippen molar-refractivity contribution in [1.29, 1.82) is 0 Å². The van der Waals surface area contributed by atoms with Gasteiger partial charge in [-0.1, -0.05) is 6.07 Å². The van der Waals surface area contributed by atoms with E-state index in [0.717, 1.165) is 35.4 Å². The van der Waals surface area contributed by atoms with Crippen LogP contribution in [0.15, 0.2) is 141 Å². The van der Waals surface area contributed by atoms with E-state index in [1.807, 2.05) is 26.0 Å². The van der Waals surface area contributed by atoms with Gasteiger partial charge in [0.15, 0.2) is 0 Å². The van der Waals surface area contributed by atoms with E-state index in [1.165, 1.54) is 20.3 Å². The molecule has 6 aromatic carbocycles. The minimum Gasteiger partial charge on any atom is -0.495 e. The number of hydrogen-bond donors (Lipinski definition) is 6. The fourth-order valence-electron chi connectivity index (χ4n) is 6.94. The second-order valence-corrected chi connectivity index (χ2v) is 22.1. The van der Waals surface area contributed by atoms with Crippen LogP contribution in [0.3, 0.4) is 0 Å². The fourth-order valence-corrected chi connectivity index (χ4v) is 9.45. The van der Waals surface area contributed by atoms with Crippen molar-refractivity contribution in [1.82, 2.24) is 0 Å². The molecule has 0 heterocycles. The first-order valence-electron chi connectivity index (χ1n) is 21.4. The van der Waals surface area contributed by atoms with Crippen LogP contribution < -0.4 is 20.1 Å². The molecule has 390 valence electrons. The number of aryl methyl sites for hydroxylation is 6. The van der Waals surface area contributed by atoms with Gasteiger partial charge in [0.25, 0.3) is 40.5 Å². The Morgan fingerprint density at radius 2 is 0.730 bits per heavy atom. The molecule has 74 heavy (non-hydrogen) atoms. The fraction of sp³-hybridized carbons (Fsp3) is 0.217. The molecule has 0 fully saturated rings. The molecule has 0 bridgehead atoms. The van der Waals surface area contributed by atoms with E-state index in [9.17, 15) is 47.3 Å². The number of anilines is 2. The van der Waals surface area contributed by atoms with E-state index >= 15 is 0 Å². The third-order valence-electron chi connectivity index (χ3n) is 10.8. The minimum absolute atomic E-state index is 0.0861. The van der Waals surface area contributed by atoms with Gasteiger partial charge in [0, 0.05) is 12.1 Å². The molecule has 6 N–H and O–H groups in total. The molecule has 6 aromatic rings. The van der Waals surface area contributed by atoms with Gasteiger partial charge in [-0.05, 0) is 147 Å². The van der Waals surface area contributed by atoms with Gasteiger partial charge in [-0.3, -0.25) is 18.2 Å². The summed E-state index contributed by atoms with van der Waals surface area (Å²) in [5.74, 6) is 0.0802. The zero-order chi connectivity index (χ0) is 54.5. The van der Waals surface area contributed by atoms with Gasteiger partial charge in [0.2, 0.25) is 0 Å². The number of hydrogen-bond acceptors (Lipinski definition) is 20. The van der Waals surface area contributed by atoms with E-state index in [-0.39, 0.29) is 23.6 Å². The first-order valence-corrected chi connectivity index (χ1v) is 27.4. The van der Waals surface area contributed by atoms with Crippen LogP contribution >= 0.6 is 0 Å². The maximum absolute atomic E-state index is 12.1. The van der Waals surface area contributed by atoms with Crippen molar-refractivity contribution in [3.8, 4) is 11.5 Å². The van der Waals surface area contributed by atoms with Crippen molar-refractivity contribution in [3.05, 3.63) is 124 Å². The van der Waals surface area contributed by atoms with Crippen molar-refractivity contribution in [2.45, 2.75) is 62.0 Å². The van der Waals surface area contributed by atoms with Gasteiger partial charge in [-0.15, -0.1) is 10.2 Å². The summed E-state index contributed by atoms with van der Waals surface area (Å²) < 4.78 is 143. The lowest BCUT2D eigenvalue weighted by atomic mass is 10.1. The second kappa shape index (κ2) is 22.4. The SMILES string of the molecule is COc1cc(N=Nc2cc(C)c(N=Nc3ccc(S(=O)(=O)O)cc3S(=O)(=O)O)cc2C)c(C)cc1NCNc1cc(C)c(N=Nc2cc(C)c(/N=N\c3ccc(CS(=O)(=O)O)cc3S(=O)(=O)O)cc2C)cc1OC. The van der Waals surface area contributed by atoms with E-state index in [2.05, 4.69) is 51.5 Å². The molecule has 0 aromatic heterocycles. The number of azo groups is 4. The van der Waals surface area contributed by atoms with E-state index in [4.69, 9.17) is 14.0 Å². The molecule has 0 spiro atoms. The highest BCUT2D eigenvalue weighted by molar-refractivity contribution is 7.87. The smallest absolute Gasteiger partial charge is 0.296 e. The highest BCUT2D eigenvalue weighted by Gasteiger charge is 2.22. The van der Waals surface area contributed by atoms with Crippen LogP contribution in [0.1, 0.15) is 38.9 Å². The number of nitrogens with one attached hydrogen (secondary N) is 2. The Morgan fingerprint density at radius 1 is 0.405 bits per heavy atom. The summed E-state index contributed by atoms with van der Waals surface area (Å²) >= 11 is 0. The van der Waals surface area contributed by atoms with Crippen LogP contribution in [0.4, 0.5) is 56.9 Å². The van der Waals surface area contributed by atoms with Gasteiger partial charge in [-0.2, -0.15) is 64.4 Å². The van der Waals surface area contributed by atoms with Crippen LogP contribution in [0.25, 0.3) is 0 Å². The molecule has 0 unspecified atom stereocenters. The summed E-state index contributed by atoms with van der Waals surface area (Å²) in [6, 6.07) is 19.6. The molecule has 28 heteroatoms. The Bertz CT molecular complexity index is 3790. The molecule has 0 radical (unpaired) electrons. The van der Waals surface area contributed by atoms with Crippen molar-refractivity contribution >= 4 is 97.3 Å². The van der Waals surface area contributed by atoms with E-state index < -0.39 is 60.9 Å². The Labute approximate surface area is 426 Å². The van der Waals surface area contributed by atoms with Crippen molar-refractivity contribution in [2.75, 3.05) is 31.5 Å². The molecule has 0 saturated heterocycles. The topological polar surface area (TPSA) is 359 Å². The standard InChI is InChI=1S/C46H48N10O14S4/c1-25-15-37(27(3)13-35(25)51-49-33-11-9-31(23-71(57,58)59)19-45(33)73(63,64)65)53-55-39-21-43(69-7)41(17-29(39)5)47-24-48-42-18-30(6)40(22-44(42)70-8)56-54-38-16-26(2)36(14-28(38)4)52-50-34-12-10-32(72(60,61)62)20-46(34)74(66,67)68/h9-22,47-48H,23-24H2,1-8H3,(H,57,58,59)(H,60,61,62)(H,63,64,65)(H,66,67,68)/b51-49-,52-50?,55-53?,56-54?. The Morgan fingerprint density at radius 3 is 1.07 bits per heavy atom. The zero-order valence-corrected chi connectivity index (χ0v) is 43.8. The highest BCUT2D eigenvalue weighted by Crippen LogP contribution is 2.39. The van der Waals surface area contributed by atoms with Crippen molar-refractivity contribution < 1.29 is 61.4 Å². The van der Waals surface area contributed by atoms with Crippen LogP contribution in [-0.4, -0.2) is 72.8 Å². The van der Waals surface area contributed by atoms with E-state index in [0.29, 0.717) is 85.3 Å². The lowest BCUT2D eigenvalue weighted by Crippen LogP contribution is -2.13. The van der Waals surface area contributed by atoms with Crippen LogP contribution in [0.5, 0.6) is 11.5 Å². The average Bonchev–Trinajstić information content (AvgIpc) is 3.30. The van der Waals surface area contributed by atoms with Gasteiger partial charge in [0.05, 0.1) is 71.3 Å². The van der Waals surface area contributed by atoms with Gasteiger partial charge in [-0.25, -0.2) is 0 Å². The Balaban J connectivity index is 1.12.